The Balaban J connectivity index is 2.14. The van der Waals surface area contributed by atoms with E-state index in [1.807, 2.05) is 36.1 Å². The highest BCUT2D eigenvalue weighted by Gasteiger charge is 2.17. The van der Waals surface area contributed by atoms with Crippen LogP contribution in [0.5, 0.6) is 0 Å². The lowest BCUT2D eigenvalue weighted by Crippen LogP contribution is -2.04. The van der Waals surface area contributed by atoms with Gasteiger partial charge >= 0.3 is 0 Å². The van der Waals surface area contributed by atoms with E-state index in [4.69, 9.17) is 0 Å². The molecule has 3 aromatic rings. The second-order valence-corrected chi connectivity index (χ2v) is 6.09. The summed E-state index contributed by atoms with van der Waals surface area (Å²) in [5, 5.41) is 3.04. The molecule has 4 heteroatoms. The third-order valence-corrected chi connectivity index (χ3v) is 3.86. The molecule has 0 aliphatic heterocycles. The van der Waals surface area contributed by atoms with E-state index in [1.54, 1.807) is 11.3 Å². The summed E-state index contributed by atoms with van der Waals surface area (Å²) in [4.78, 5) is 9.10. The molecule has 0 unspecified atom stereocenters. The van der Waals surface area contributed by atoms with Gasteiger partial charge in [0.05, 0.1) is 12.0 Å². The molecular formula is C16H17N3S. The van der Waals surface area contributed by atoms with Crippen molar-refractivity contribution in [3.63, 3.8) is 0 Å². The topological polar surface area (TPSA) is 30.7 Å². The van der Waals surface area contributed by atoms with Crippen molar-refractivity contribution in [1.29, 1.82) is 0 Å². The third kappa shape index (κ3) is 2.51. The second kappa shape index (κ2) is 5.59. The van der Waals surface area contributed by atoms with Crippen LogP contribution in [0.25, 0.3) is 22.0 Å². The van der Waals surface area contributed by atoms with Crippen LogP contribution in [0, 0.1) is 5.92 Å². The maximum atomic E-state index is 4.63. The third-order valence-electron chi connectivity index (χ3n) is 3.08. The first-order chi connectivity index (χ1) is 9.75. The van der Waals surface area contributed by atoms with Gasteiger partial charge in [0.15, 0.2) is 0 Å². The maximum Gasteiger partial charge on any atom is 0.142 e. The lowest BCUT2D eigenvalue weighted by molar-refractivity contribution is 0.526. The molecule has 0 spiro atoms. The molecule has 0 amide bonds. The molecule has 0 saturated carbocycles. The number of hydrogen-bond acceptors (Lipinski definition) is 3. The molecule has 0 bridgehead atoms. The van der Waals surface area contributed by atoms with Gasteiger partial charge in [-0.1, -0.05) is 44.2 Å². The van der Waals surface area contributed by atoms with Crippen LogP contribution in [0.15, 0.2) is 48.2 Å². The number of rotatable bonds is 4. The quantitative estimate of drug-likeness (QED) is 0.713. The van der Waals surface area contributed by atoms with Gasteiger partial charge in [-0.05, 0) is 5.92 Å². The predicted molar refractivity (Wildman–Crippen MR) is 83.6 cm³/mol. The number of thiazole rings is 1. The molecule has 2 aromatic heterocycles. The molecule has 1 aromatic carbocycles. The molecule has 3 nitrogen and oxygen atoms in total. The van der Waals surface area contributed by atoms with E-state index >= 15 is 0 Å². The molecule has 0 aliphatic carbocycles. The maximum absolute atomic E-state index is 4.63. The van der Waals surface area contributed by atoms with Crippen LogP contribution in [-0.2, 0) is 6.54 Å². The van der Waals surface area contributed by atoms with Gasteiger partial charge in [0.1, 0.15) is 10.7 Å². The van der Waals surface area contributed by atoms with Crippen molar-refractivity contribution in [3.8, 4) is 22.0 Å². The van der Waals surface area contributed by atoms with Gasteiger partial charge in [-0.15, -0.1) is 11.3 Å². The monoisotopic (exact) mass is 283 g/mol. The van der Waals surface area contributed by atoms with Gasteiger partial charge in [-0.25, -0.2) is 9.97 Å². The van der Waals surface area contributed by atoms with E-state index in [0.29, 0.717) is 5.92 Å². The molecule has 3 rings (SSSR count). The van der Waals surface area contributed by atoms with Gasteiger partial charge < -0.3 is 4.57 Å². The van der Waals surface area contributed by atoms with Crippen molar-refractivity contribution in [2.75, 3.05) is 0 Å². The lowest BCUT2D eigenvalue weighted by atomic mass is 10.1. The lowest BCUT2D eigenvalue weighted by Gasteiger charge is -2.10. The van der Waals surface area contributed by atoms with Crippen LogP contribution in [0.4, 0.5) is 0 Å². The van der Waals surface area contributed by atoms with Crippen molar-refractivity contribution in [1.82, 2.24) is 14.5 Å². The van der Waals surface area contributed by atoms with Gasteiger partial charge in [-0.2, -0.15) is 0 Å². The minimum Gasteiger partial charge on any atom is -0.328 e. The molecular weight excluding hydrogens is 266 g/mol. The van der Waals surface area contributed by atoms with Gasteiger partial charge in [0, 0.05) is 23.7 Å². The summed E-state index contributed by atoms with van der Waals surface area (Å²) < 4.78 is 2.21. The first kappa shape index (κ1) is 13.1. The molecule has 0 fully saturated rings. The molecule has 2 heterocycles. The first-order valence-electron chi connectivity index (χ1n) is 6.76. The molecule has 0 saturated heterocycles. The average Bonchev–Trinajstić information content (AvgIpc) is 3.07. The summed E-state index contributed by atoms with van der Waals surface area (Å²) >= 11 is 1.66. The Kier molecular flexibility index (Phi) is 3.65. The van der Waals surface area contributed by atoms with Crippen LogP contribution in [0.2, 0.25) is 0 Å². The second-order valence-electron chi connectivity index (χ2n) is 5.19. The largest absolute Gasteiger partial charge is 0.328 e. The molecule has 0 radical (unpaired) electrons. The van der Waals surface area contributed by atoms with E-state index < -0.39 is 0 Å². The Morgan fingerprint density at radius 1 is 1.15 bits per heavy atom. The van der Waals surface area contributed by atoms with Crippen molar-refractivity contribution < 1.29 is 0 Å². The van der Waals surface area contributed by atoms with Crippen LogP contribution in [0.3, 0.4) is 0 Å². The van der Waals surface area contributed by atoms with E-state index in [1.165, 1.54) is 0 Å². The highest BCUT2D eigenvalue weighted by Crippen LogP contribution is 2.32. The fourth-order valence-corrected chi connectivity index (χ4v) is 2.98. The van der Waals surface area contributed by atoms with E-state index in [2.05, 4.69) is 40.5 Å². The Morgan fingerprint density at radius 2 is 1.95 bits per heavy atom. The Morgan fingerprint density at radius 3 is 2.60 bits per heavy atom. The van der Waals surface area contributed by atoms with Crippen molar-refractivity contribution in [3.05, 3.63) is 48.2 Å². The zero-order chi connectivity index (χ0) is 13.9. The van der Waals surface area contributed by atoms with Gasteiger partial charge in [-0.3, -0.25) is 0 Å². The smallest absolute Gasteiger partial charge is 0.142 e. The van der Waals surface area contributed by atoms with Gasteiger partial charge in [0.25, 0.3) is 0 Å². The number of benzene rings is 1. The molecule has 0 atom stereocenters. The zero-order valence-corrected chi connectivity index (χ0v) is 12.5. The standard InChI is InChI=1S/C16H17N3S/c1-12(2)10-19-11-18-14(13-6-4-3-5-7-13)15(19)16-17-8-9-20-16/h3-9,11-12H,10H2,1-2H3. The molecule has 0 N–H and O–H groups in total. The summed E-state index contributed by atoms with van der Waals surface area (Å²) in [6.45, 7) is 5.39. The number of nitrogens with zero attached hydrogens (tertiary/aromatic N) is 3. The fourth-order valence-electron chi connectivity index (χ4n) is 2.29. The molecule has 0 aliphatic rings. The highest BCUT2D eigenvalue weighted by molar-refractivity contribution is 7.13. The fraction of sp³-hybridized carbons (Fsp3) is 0.250. The summed E-state index contributed by atoms with van der Waals surface area (Å²) in [5.41, 5.74) is 3.28. The van der Waals surface area contributed by atoms with E-state index in [0.717, 1.165) is 28.5 Å². The summed E-state index contributed by atoms with van der Waals surface area (Å²) in [7, 11) is 0. The zero-order valence-electron chi connectivity index (χ0n) is 11.7. The van der Waals surface area contributed by atoms with Crippen LogP contribution in [-0.4, -0.2) is 14.5 Å². The Bertz CT molecular complexity index is 669. The van der Waals surface area contributed by atoms with Crippen molar-refractivity contribution in [2.24, 2.45) is 5.92 Å². The van der Waals surface area contributed by atoms with Crippen LogP contribution >= 0.6 is 11.3 Å². The number of aromatic nitrogens is 3. The SMILES string of the molecule is CC(C)Cn1cnc(-c2ccccc2)c1-c1nccs1. The van der Waals surface area contributed by atoms with E-state index in [9.17, 15) is 0 Å². The minimum absolute atomic E-state index is 0.575. The van der Waals surface area contributed by atoms with Crippen molar-refractivity contribution in [2.45, 2.75) is 20.4 Å². The average molecular weight is 283 g/mol. The van der Waals surface area contributed by atoms with E-state index in [-0.39, 0.29) is 0 Å². The number of hydrogen-bond donors (Lipinski definition) is 0. The first-order valence-corrected chi connectivity index (χ1v) is 7.64. The highest BCUT2D eigenvalue weighted by atomic mass is 32.1. The normalized spacial score (nSPS) is 11.2. The summed E-state index contributed by atoms with van der Waals surface area (Å²) in [6, 6.07) is 10.3. The predicted octanol–water partition coefficient (Wildman–Crippen LogP) is 4.33. The van der Waals surface area contributed by atoms with Crippen molar-refractivity contribution >= 4 is 11.3 Å². The van der Waals surface area contributed by atoms with Crippen LogP contribution < -0.4 is 0 Å². The summed E-state index contributed by atoms with van der Waals surface area (Å²) in [6.07, 6.45) is 3.78. The molecule has 102 valence electrons. The Hall–Kier alpha value is -1.94. The minimum atomic E-state index is 0.575. The Labute approximate surface area is 123 Å². The summed E-state index contributed by atoms with van der Waals surface area (Å²) in [5.74, 6) is 0.575. The van der Waals surface area contributed by atoms with Gasteiger partial charge in [0.2, 0.25) is 0 Å². The molecule has 20 heavy (non-hydrogen) atoms. The number of imidazole rings is 1. The van der Waals surface area contributed by atoms with Crippen LogP contribution in [0.1, 0.15) is 13.8 Å².